The highest BCUT2D eigenvalue weighted by Gasteiger charge is 2.18. The van der Waals surface area contributed by atoms with Crippen molar-refractivity contribution in [1.82, 2.24) is 4.90 Å². The van der Waals surface area contributed by atoms with Gasteiger partial charge in [0.25, 0.3) is 0 Å². The fraction of sp³-hybridized carbons (Fsp3) is 0.667. The molecule has 0 spiro atoms. The average molecular weight is 277 g/mol. The SMILES string of the molecule is CCCCCN(C)C(C)c1cccc(C(C)CC)c1O. The molecule has 1 N–H and O–H groups in total. The molecule has 2 unspecified atom stereocenters. The van der Waals surface area contributed by atoms with E-state index in [0.717, 1.165) is 24.1 Å². The number of phenolic OH excluding ortho intramolecular Hbond substituents is 1. The molecule has 0 heterocycles. The van der Waals surface area contributed by atoms with Crippen LogP contribution in [0.1, 0.15) is 76.5 Å². The van der Waals surface area contributed by atoms with Gasteiger partial charge in [-0.2, -0.15) is 0 Å². The van der Waals surface area contributed by atoms with Crippen LogP contribution in [0.5, 0.6) is 5.75 Å². The number of benzene rings is 1. The number of hydrogen-bond acceptors (Lipinski definition) is 2. The average Bonchev–Trinajstić information content (AvgIpc) is 2.46. The van der Waals surface area contributed by atoms with Gasteiger partial charge >= 0.3 is 0 Å². The van der Waals surface area contributed by atoms with Crippen molar-refractivity contribution in [3.63, 3.8) is 0 Å². The van der Waals surface area contributed by atoms with Crippen molar-refractivity contribution in [3.8, 4) is 5.75 Å². The molecule has 0 aliphatic heterocycles. The van der Waals surface area contributed by atoms with Gasteiger partial charge in [-0.3, -0.25) is 4.90 Å². The molecule has 1 rings (SSSR count). The summed E-state index contributed by atoms with van der Waals surface area (Å²) in [6, 6.07) is 6.45. The first kappa shape index (κ1) is 17.0. The quantitative estimate of drug-likeness (QED) is 0.669. The second-order valence-electron chi connectivity index (χ2n) is 5.96. The zero-order valence-corrected chi connectivity index (χ0v) is 13.8. The van der Waals surface area contributed by atoms with Gasteiger partial charge in [0.15, 0.2) is 0 Å². The first-order valence-electron chi connectivity index (χ1n) is 8.04. The number of hydrogen-bond donors (Lipinski definition) is 1. The van der Waals surface area contributed by atoms with Gasteiger partial charge in [-0.25, -0.2) is 0 Å². The predicted octanol–water partition coefficient (Wildman–Crippen LogP) is 5.09. The molecule has 0 radical (unpaired) electrons. The summed E-state index contributed by atoms with van der Waals surface area (Å²) < 4.78 is 0. The van der Waals surface area contributed by atoms with Gasteiger partial charge in [0.1, 0.15) is 5.75 Å². The van der Waals surface area contributed by atoms with Gasteiger partial charge in [-0.05, 0) is 44.8 Å². The monoisotopic (exact) mass is 277 g/mol. The first-order valence-corrected chi connectivity index (χ1v) is 8.04. The number of phenols is 1. The first-order chi connectivity index (χ1) is 9.52. The summed E-state index contributed by atoms with van der Waals surface area (Å²) >= 11 is 0. The smallest absolute Gasteiger partial charge is 0.123 e. The van der Waals surface area contributed by atoms with Crippen molar-refractivity contribution in [2.45, 2.75) is 65.3 Å². The van der Waals surface area contributed by atoms with Gasteiger partial charge in [-0.1, -0.05) is 51.8 Å². The zero-order chi connectivity index (χ0) is 15.1. The molecule has 2 atom stereocenters. The third-order valence-electron chi connectivity index (χ3n) is 4.47. The van der Waals surface area contributed by atoms with Crippen molar-refractivity contribution in [1.29, 1.82) is 0 Å². The van der Waals surface area contributed by atoms with Crippen molar-refractivity contribution < 1.29 is 5.11 Å². The van der Waals surface area contributed by atoms with Crippen LogP contribution in [0.3, 0.4) is 0 Å². The summed E-state index contributed by atoms with van der Waals surface area (Å²) in [4.78, 5) is 2.34. The van der Waals surface area contributed by atoms with E-state index in [1.807, 2.05) is 0 Å². The lowest BCUT2D eigenvalue weighted by molar-refractivity contribution is 0.250. The minimum atomic E-state index is 0.260. The van der Waals surface area contributed by atoms with Crippen LogP contribution in [-0.4, -0.2) is 23.6 Å². The normalized spacial score (nSPS) is 14.5. The molecule has 114 valence electrons. The van der Waals surface area contributed by atoms with Crippen LogP contribution in [0, 0.1) is 0 Å². The van der Waals surface area contributed by atoms with Gasteiger partial charge in [0.05, 0.1) is 0 Å². The number of rotatable bonds is 8. The van der Waals surface area contributed by atoms with E-state index in [9.17, 15) is 5.11 Å². The Morgan fingerprint density at radius 2 is 1.75 bits per heavy atom. The van der Waals surface area contributed by atoms with Crippen molar-refractivity contribution in [2.75, 3.05) is 13.6 Å². The highest BCUT2D eigenvalue weighted by Crippen LogP contribution is 2.35. The summed E-state index contributed by atoms with van der Waals surface area (Å²) in [5.41, 5.74) is 2.14. The Balaban J connectivity index is 2.84. The second-order valence-corrected chi connectivity index (χ2v) is 5.96. The van der Waals surface area contributed by atoms with Crippen molar-refractivity contribution in [2.24, 2.45) is 0 Å². The maximum absolute atomic E-state index is 10.6. The number of aromatic hydroxyl groups is 1. The molecule has 1 aromatic rings. The highest BCUT2D eigenvalue weighted by molar-refractivity contribution is 5.43. The molecular formula is C18H31NO. The van der Waals surface area contributed by atoms with E-state index in [0.29, 0.717) is 11.7 Å². The fourth-order valence-corrected chi connectivity index (χ4v) is 2.58. The zero-order valence-electron chi connectivity index (χ0n) is 13.8. The molecule has 0 saturated heterocycles. The lowest BCUT2D eigenvalue weighted by atomic mass is 9.93. The molecule has 0 aliphatic rings. The molecule has 0 saturated carbocycles. The maximum atomic E-state index is 10.6. The molecule has 0 aliphatic carbocycles. The van der Waals surface area contributed by atoms with Gasteiger partial charge in [-0.15, -0.1) is 0 Å². The summed E-state index contributed by atoms with van der Waals surface area (Å²) in [5, 5.41) is 10.6. The third-order valence-corrected chi connectivity index (χ3v) is 4.47. The van der Waals surface area contributed by atoms with E-state index in [4.69, 9.17) is 0 Å². The largest absolute Gasteiger partial charge is 0.507 e. The van der Waals surface area contributed by atoms with E-state index < -0.39 is 0 Å². The second kappa shape index (κ2) is 8.31. The lowest BCUT2D eigenvalue weighted by Gasteiger charge is -2.27. The molecule has 0 fully saturated rings. The van der Waals surface area contributed by atoms with Crippen molar-refractivity contribution >= 4 is 0 Å². The standard InChI is InChI=1S/C18H31NO/c1-6-8-9-13-19(5)15(4)17-12-10-11-16(18(17)20)14(3)7-2/h10-12,14-15,20H,6-9,13H2,1-5H3. The Bertz CT molecular complexity index is 402. The highest BCUT2D eigenvalue weighted by atomic mass is 16.3. The van der Waals surface area contributed by atoms with E-state index >= 15 is 0 Å². The van der Waals surface area contributed by atoms with E-state index in [1.165, 1.54) is 19.3 Å². The summed E-state index contributed by atoms with van der Waals surface area (Å²) in [7, 11) is 2.15. The van der Waals surface area contributed by atoms with Crippen LogP contribution >= 0.6 is 0 Å². The number of nitrogens with zero attached hydrogens (tertiary/aromatic N) is 1. The number of unbranched alkanes of at least 4 members (excludes halogenated alkanes) is 2. The number of para-hydroxylation sites is 1. The molecular weight excluding hydrogens is 246 g/mol. The molecule has 20 heavy (non-hydrogen) atoms. The topological polar surface area (TPSA) is 23.5 Å². The molecule has 2 nitrogen and oxygen atoms in total. The maximum Gasteiger partial charge on any atom is 0.123 e. The molecule has 0 aromatic heterocycles. The Kier molecular flexibility index (Phi) is 7.08. The van der Waals surface area contributed by atoms with Gasteiger partial charge < -0.3 is 5.11 Å². The summed E-state index contributed by atoms with van der Waals surface area (Å²) in [6.07, 6.45) is 4.80. The molecule has 0 bridgehead atoms. The van der Waals surface area contributed by atoms with Crippen LogP contribution in [-0.2, 0) is 0 Å². The van der Waals surface area contributed by atoms with Crippen LogP contribution < -0.4 is 0 Å². The van der Waals surface area contributed by atoms with Crippen LogP contribution in [0.4, 0.5) is 0 Å². The Labute approximate surface area is 124 Å². The molecule has 2 heteroatoms. The van der Waals surface area contributed by atoms with E-state index in [2.05, 4.69) is 57.8 Å². The Morgan fingerprint density at radius 1 is 1.10 bits per heavy atom. The Morgan fingerprint density at radius 3 is 2.35 bits per heavy atom. The fourth-order valence-electron chi connectivity index (χ4n) is 2.58. The van der Waals surface area contributed by atoms with E-state index in [1.54, 1.807) is 0 Å². The summed E-state index contributed by atoms with van der Waals surface area (Å²) in [6.45, 7) is 9.83. The molecule has 1 aromatic carbocycles. The third kappa shape index (κ3) is 4.24. The predicted molar refractivity (Wildman–Crippen MR) is 87.4 cm³/mol. The van der Waals surface area contributed by atoms with E-state index in [-0.39, 0.29) is 6.04 Å². The van der Waals surface area contributed by atoms with Crippen LogP contribution in [0.15, 0.2) is 18.2 Å². The molecule has 0 amide bonds. The van der Waals surface area contributed by atoms with Crippen LogP contribution in [0.2, 0.25) is 0 Å². The minimum absolute atomic E-state index is 0.260. The lowest BCUT2D eigenvalue weighted by Crippen LogP contribution is -2.23. The Hall–Kier alpha value is -1.02. The summed E-state index contributed by atoms with van der Waals surface area (Å²) in [5.74, 6) is 0.907. The van der Waals surface area contributed by atoms with Crippen molar-refractivity contribution in [3.05, 3.63) is 29.3 Å². The van der Waals surface area contributed by atoms with Gasteiger partial charge in [0, 0.05) is 11.6 Å². The van der Waals surface area contributed by atoms with Crippen LogP contribution in [0.25, 0.3) is 0 Å². The minimum Gasteiger partial charge on any atom is -0.507 e. The van der Waals surface area contributed by atoms with Gasteiger partial charge in [0.2, 0.25) is 0 Å².